The lowest BCUT2D eigenvalue weighted by Gasteiger charge is -2.19. The minimum Gasteiger partial charge on any atom is -0.497 e. The van der Waals surface area contributed by atoms with Crippen LogP contribution >= 0.6 is 0 Å². The predicted octanol–water partition coefficient (Wildman–Crippen LogP) is 3.78. The molecule has 0 aromatic heterocycles. The molecule has 0 unspecified atom stereocenters. The highest BCUT2D eigenvalue weighted by Crippen LogP contribution is 2.28. The minimum atomic E-state index is -0.831. The average molecular weight is 400 g/mol. The van der Waals surface area contributed by atoms with Crippen molar-refractivity contribution in [3.05, 3.63) is 53.6 Å². The predicted molar refractivity (Wildman–Crippen MR) is 108 cm³/mol. The van der Waals surface area contributed by atoms with E-state index in [0.717, 1.165) is 0 Å². The van der Waals surface area contributed by atoms with Gasteiger partial charge in [0.05, 0.1) is 20.4 Å². The van der Waals surface area contributed by atoms with Gasteiger partial charge in [-0.15, -0.1) is 0 Å². The van der Waals surface area contributed by atoms with E-state index >= 15 is 0 Å². The molecule has 1 amide bonds. The van der Waals surface area contributed by atoms with E-state index in [-0.39, 0.29) is 11.7 Å². The fourth-order valence-electron chi connectivity index (χ4n) is 2.20. The molecule has 154 valence electrons. The van der Waals surface area contributed by atoms with Gasteiger partial charge >= 0.3 is 6.16 Å². The Morgan fingerprint density at radius 3 is 2.41 bits per heavy atom. The molecule has 0 saturated heterocycles. The van der Waals surface area contributed by atoms with E-state index in [4.69, 9.17) is 18.9 Å². The maximum atomic E-state index is 12.1. The molecule has 0 bridgehead atoms. The van der Waals surface area contributed by atoms with Crippen LogP contribution in [0, 0.1) is 0 Å². The molecule has 0 radical (unpaired) electrons. The summed E-state index contributed by atoms with van der Waals surface area (Å²) in [5, 5.41) is 3.93. The number of carbonyl (C=O) groups excluding carboxylic acids is 2. The van der Waals surface area contributed by atoms with Crippen molar-refractivity contribution in [2.24, 2.45) is 5.10 Å². The molecule has 0 aliphatic rings. The van der Waals surface area contributed by atoms with E-state index in [0.29, 0.717) is 22.6 Å². The Labute approximate surface area is 169 Å². The number of hydrogen-bond acceptors (Lipinski definition) is 7. The van der Waals surface area contributed by atoms with Crippen LogP contribution in [0.15, 0.2) is 47.6 Å². The summed E-state index contributed by atoms with van der Waals surface area (Å²) in [5.41, 5.74) is 2.81. The second-order valence-electron chi connectivity index (χ2n) is 6.91. The molecule has 0 heterocycles. The highest BCUT2D eigenvalue weighted by atomic mass is 16.7. The van der Waals surface area contributed by atoms with Gasteiger partial charge in [-0.05, 0) is 62.7 Å². The van der Waals surface area contributed by atoms with Crippen LogP contribution in [-0.4, -0.2) is 38.1 Å². The molecule has 2 rings (SSSR count). The van der Waals surface area contributed by atoms with E-state index in [1.807, 2.05) is 0 Å². The van der Waals surface area contributed by atoms with Gasteiger partial charge in [-0.25, -0.2) is 10.2 Å². The maximum absolute atomic E-state index is 12.1. The zero-order valence-electron chi connectivity index (χ0n) is 17.0. The molecule has 8 nitrogen and oxygen atoms in total. The van der Waals surface area contributed by atoms with Crippen LogP contribution in [0.5, 0.6) is 17.2 Å². The molecular formula is C21H24N2O6. The van der Waals surface area contributed by atoms with Gasteiger partial charge in [0.25, 0.3) is 5.91 Å². The Hall–Kier alpha value is -3.55. The first-order valence-electron chi connectivity index (χ1n) is 8.78. The van der Waals surface area contributed by atoms with Gasteiger partial charge in [-0.2, -0.15) is 5.10 Å². The Morgan fingerprint density at radius 1 is 1.00 bits per heavy atom. The standard InChI is InChI=1S/C21H24N2O6/c1-21(2,3)29-20(25)28-17-10-9-14(11-18(17)27-5)13-22-23-19(24)15-7-6-8-16(12-15)26-4/h6-13H,1-5H3,(H,23,24)/b22-13+. The Kier molecular flexibility index (Phi) is 7.19. The van der Waals surface area contributed by atoms with E-state index in [1.165, 1.54) is 20.4 Å². The second kappa shape index (κ2) is 9.59. The van der Waals surface area contributed by atoms with Gasteiger partial charge in [0, 0.05) is 5.56 Å². The molecule has 0 atom stereocenters. The van der Waals surface area contributed by atoms with Crippen molar-refractivity contribution in [3.8, 4) is 17.2 Å². The van der Waals surface area contributed by atoms with Crippen molar-refractivity contribution in [2.45, 2.75) is 26.4 Å². The highest BCUT2D eigenvalue weighted by molar-refractivity contribution is 5.95. The summed E-state index contributed by atoms with van der Waals surface area (Å²) in [4.78, 5) is 24.0. The summed E-state index contributed by atoms with van der Waals surface area (Å²) < 4.78 is 20.6. The quantitative estimate of drug-likeness (QED) is 0.343. The number of nitrogens with one attached hydrogen (secondary N) is 1. The zero-order chi connectivity index (χ0) is 21.4. The van der Waals surface area contributed by atoms with Crippen LogP contribution < -0.4 is 19.6 Å². The molecule has 2 aromatic carbocycles. The van der Waals surface area contributed by atoms with E-state index in [2.05, 4.69) is 10.5 Å². The molecule has 0 aliphatic carbocycles. The summed E-state index contributed by atoms with van der Waals surface area (Å²) in [6.45, 7) is 5.22. The maximum Gasteiger partial charge on any atom is 0.514 e. The smallest absolute Gasteiger partial charge is 0.497 e. The number of amides is 1. The Balaban J connectivity index is 2.03. The largest absolute Gasteiger partial charge is 0.514 e. The molecule has 2 aromatic rings. The SMILES string of the molecule is COc1cccc(C(=O)N/N=C/c2ccc(OC(=O)OC(C)(C)C)c(OC)c2)c1. The van der Waals surface area contributed by atoms with Crippen molar-refractivity contribution < 1.29 is 28.5 Å². The van der Waals surface area contributed by atoms with Crippen LogP contribution in [0.1, 0.15) is 36.7 Å². The fourth-order valence-corrected chi connectivity index (χ4v) is 2.20. The average Bonchev–Trinajstić information content (AvgIpc) is 2.67. The molecule has 0 aliphatic heterocycles. The van der Waals surface area contributed by atoms with Gasteiger partial charge in [0.15, 0.2) is 11.5 Å². The molecule has 8 heteroatoms. The van der Waals surface area contributed by atoms with Crippen LogP contribution in [0.2, 0.25) is 0 Å². The van der Waals surface area contributed by atoms with Crippen molar-refractivity contribution in [2.75, 3.05) is 14.2 Å². The van der Waals surface area contributed by atoms with Crippen molar-refractivity contribution in [3.63, 3.8) is 0 Å². The summed E-state index contributed by atoms with van der Waals surface area (Å²) in [5.74, 6) is 0.724. The number of carbonyl (C=O) groups is 2. The number of rotatable bonds is 6. The lowest BCUT2D eigenvalue weighted by molar-refractivity contribution is 0.0201. The molecule has 29 heavy (non-hydrogen) atoms. The Morgan fingerprint density at radius 2 is 1.76 bits per heavy atom. The Bertz CT molecular complexity index is 902. The van der Waals surface area contributed by atoms with Crippen LogP contribution in [0.25, 0.3) is 0 Å². The van der Waals surface area contributed by atoms with Crippen LogP contribution in [0.4, 0.5) is 4.79 Å². The first-order chi connectivity index (χ1) is 13.7. The monoisotopic (exact) mass is 400 g/mol. The van der Waals surface area contributed by atoms with Gasteiger partial charge in [0.1, 0.15) is 11.4 Å². The van der Waals surface area contributed by atoms with Crippen molar-refractivity contribution >= 4 is 18.3 Å². The first-order valence-corrected chi connectivity index (χ1v) is 8.78. The molecule has 0 spiro atoms. The summed E-state index contributed by atoms with van der Waals surface area (Å²) in [6, 6.07) is 11.5. The van der Waals surface area contributed by atoms with Gasteiger partial charge in [-0.1, -0.05) is 6.07 Å². The molecule has 0 fully saturated rings. The number of methoxy groups -OCH3 is 2. The van der Waals surface area contributed by atoms with Gasteiger partial charge in [0.2, 0.25) is 0 Å². The third kappa shape index (κ3) is 6.84. The first kappa shape index (κ1) is 21.7. The van der Waals surface area contributed by atoms with Crippen LogP contribution in [0.3, 0.4) is 0 Å². The topological polar surface area (TPSA) is 95.5 Å². The normalized spacial score (nSPS) is 11.1. The van der Waals surface area contributed by atoms with Crippen molar-refractivity contribution in [1.29, 1.82) is 0 Å². The number of ether oxygens (including phenoxy) is 4. The van der Waals surface area contributed by atoms with E-state index in [9.17, 15) is 9.59 Å². The highest BCUT2D eigenvalue weighted by Gasteiger charge is 2.19. The molecular weight excluding hydrogens is 376 g/mol. The van der Waals surface area contributed by atoms with E-state index in [1.54, 1.807) is 63.2 Å². The zero-order valence-corrected chi connectivity index (χ0v) is 17.0. The fraction of sp³-hybridized carbons (Fsp3) is 0.286. The lowest BCUT2D eigenvalue weighted by Crippen LogP contribution is -2.26. The number of nitrogens with zero attached hydrogens (tertiary/aromatic N) is 1. The third-order valence-electron chi connectivity index (χ3n) is 3.48. The van der Waals surface area contributed by atoms with Crippen molar-refractivity contribution in [1.82, 2.24) is 5.43 Å². The molecule has 1 N–H and O–H groups in total. The summed E-state index contributed by atoms with van der Waals surface area (Å²) in [7, 11) is 2.97. The van der Waals surface area contributed by atoms with Crippen LogP contribution in [-0.2, 0) is 4.74 Å². The number of benzene rings is 2. The van der Waals surface area contributed by atoms with Gasteiger partial charge in [-0.3, -0.25) is 4.79 Å². The van der Waals surface area contributed by atoms with Gasteiger partial charge < -0.3 is 18.9 Å². The minimum absolute atomic E-state index is 0.208. The summed E-state index contributed by atoms with van der Waals surface area (Å²) in [6.07, 6.45) is 0.612. The summed E-state index contributed by atoms with van der Waals surface area (Å²) >= 11 is 0. The molecule has 0 saturated carbocycles. The third-order valence-corrected chi connectivity index (χ3v) is 3.48. The number of hydrogen-bond donors (Lipinski definition) is 1. The lowest BCUT2D eigenvalue weighted by atomic mass is 10.2. The second-order valence-corrected chi connectivity index (χ2v) is 6.91. The van der Waals surface area contributed by atoms with E-state index < -0.39 is 11.8 Å². The number of hydrazone groups is 1.